The summed E-state index contributed by atoms with van der Waals surface area (Å²) in [6.45, 7) is 6.43. The van der Waals surface area contributed by atoms with Crippen LogP contribution in [0.5, 0.6) is 0 Å². The zero-order valence-corrected chi connectivity index (χ0v) is 23.2. The number of benzene rings is 1. The molecule has 1 saturated carbocycles. The highest BCUT2D eigenvalue weighted by atomic mass is 32.2. The van der Waals surface area contributed by atoms with Gasteiger partial charge in [-0.2, -0.15) is 9.78 Å². The first kappa shape index (κ1) is 25.4. The summed E-state index contributed by atoms with van der Waals surface area (Å²) in [7, 11) is -2.91. The number of aromatic nitrogens is 5. The maximum absolute atomic E-state index is 14.6. The van der Waals surface area contributed by atoms with Crippen molar-refractivity contribution in [2.75, 3.05) is 11.5 Å². The average molecular weight is 566 g/mol. The normalized spacial score (nSPS) is 27.9. The van der Waals surface area contributed by atoms with Crippen LogP contribution in [0.3, 0.4) is 0 Å². The van der Waals surface area contributed by atoms with Gasteiger partial charge in [-0.1, -0.05) is 19.9 Å². The van der Waals surface area contributed by atoms with Crippen LogP contribution in [-0.4, -0.2) is 56.9 Å². The predicted octanol–water partition coefficient (Wildman–Crippen LogP) is 3.54. The van der Waals surface area contributed by atoms with Crippen LogP contribution in [0, 0.1) is 23.0 Å². The molecule has 3 atom stereocenters. The fourth-order valence-electron chi connectivity index (χ4n) is 7.36. The van der Waals surface area contributed by atoms with Gasteiger partial charge in [0.05, 0.1) is 39.9 Å². The van der Waals surface area contributed by atoms with Crippen molar-refractivity contribution in [3.8, 4) is 11.3 Å². The first-order chi connectivity index (χ1) is 19.0. The summed E-state index contributed by atoms with van der Waals surface area (Å²) in [6, 6.07) is 5.46. The molecular weight excluding hydrogens is 536 g/mol. The van der Waals surface area contributed by atoms with Gasteiger partial charge in [-0.3, -0.25) is 0 Å². The van der Waals surface area contributed by atoms with Gasteiger partial charge in [0.1, 0.15) is 18.0 Å². The lowest BCUT2D eigenvalue weighted by molar-refractivity contribution is 0.236. The Kier molecular flexibility index (Phi) is 5.39. The number of nitrogens with zero attached hydrogens (tertiary/aromatic N) is 6. The van der Waals surface area contributed by atoms with E-state index >= 15 is 0 Å². The minimum absolute atomic E-state index is 0.0443. The van der Waals surface area contributed by atoms with Gasteiger partial charge in [-0.15, -0.1) is 10.2 Å². The Bertz CT molecular complexity index is 1700. The SMILES string of the molecule is C[C@@H]1C=C([C@@]23CCC(c4cc(-c5c(F)cccc5F)nnc42)C3(C)C)NC(n2cnc(CC3CS(=O)(=O)C3)n2)=N1. The van der Waals surface area contributed by atoms with E-state index < -0.39 is 26.9 Å². The van der Waals surface area contributed by atoms with Crippen molar-refractivity contribution in [3.05, 3.63) is 71.1 Å². The van der Waals surface area contributed by atoms with E-state index in [-0.39, 0.29) is 46.1 Å². The van der Waals surface area contributed by atoms with Crippen molar-refractivity contribution in [1.29, 1.82) is 0 Å². The van der Waals surface area contributed by atoms with Crippen molar-refractivity contribution in [1.82, 2.24) is 30.3 Å². The van der Waals surface area contributed by atoms with E-state index in [1.807, 2.05) is 13.0 Å². The average Bonchev–Trinajstić information content (AvgIpc) is 3.50. The van der Waals surface area contributed by atoms with Crippen molar-refractivity contribution in [2.24, 2.45) is 16.3 Å². The Hall–Kier alpha value is -3.54. The Morgan fingerprint density at radius 3 is 2.62 bits per heavy atom. The fourth-order valence-corrected chi connectivity index (χ4v) is 8.93. The molecule has 0 radical (unpaired) electrons. The van der Waals surface area contributed by atoms with E-state index in [1.165, 1.54) is 18.2 Å². The van der Waals surface area contributed by atoms with Gasteiger partial charge in [0, 0.05) is 12.1 Å². The zero-order chi connectivity index (χ0) is 28.0. The van der Waals surface area contributed by atoms with Gasteiger partial charge in [0.2, 0.25) is 5.96 Å². The van der Waals surface area contributed by atoms with Crippen molar-refractivity contribution < 1.29 is 17.2 Å². The molecule has 2 bridgehead atoms. The zero-order valence-electron chi connectivity index (χ0n) is 22.4. The molecule has 0 amide bonds. The summed E-state index contributed by atoms with van der Waals surface area (Å²) >= 11 is 0. The number of fused-ring (bicyclic) bond motifs is 5. The van der Waals surface area contributed by atoms with E-state index in [1.54, 1.807) is 11.0 Å². The van der Waals surface area contributed by atoms with Gasteiger partial charge in [-0.25, -0.2) is 27.2 Å². The molecule has 7 rings (SSSR count). The van der Waals surface area contributed by atoms with Crippen LogP contribution < -0.4 is 5.32 Å². The molecule has 2 fully saturated rings. The number of nitrogens with one attached hydrogen (secondary N) is 1. The number of hydrogen-bond donors (Lipinski definition) is 1. The molecular formula is C28H29F2N7O2S. The Labute approximate surface area is 230 Å². The summed E-state index contributed by atoms with van der Waals surface area (Å²) in [5.41, 5.74) is 2.05. The molecule has 1 saturated heterocycles. The van der Waals surface area contributed by atoms with Gasteiger partial charge in [0.25, 0.3) is 0 Å². The first-order valence-electron chi connectivity index (χ1n) is 13.5. The van der Waals surface area contributed by atoms with Gasteiger partial charge < -0.3 is 5.32 Å². The molecule has 40 heavy (non-hydrogen) atoms. The number of allylic oxidation sites excluding steroid dienone is 1. The van der Waals surface area contributed by atoms with Crippen LogP contribution in [0.4, 0.5) is 8.78 Å². The largest absolute Gasteiger partial charge is 0.327 e. The standard InChI is InChI=1S/C28H29F2N7O2S/c1-15-9-22(33-26(32-15)37-14-31-23(36-37)10-16-12-40(38,39)13-16)28-8-7-18(27(28,2)3)17-11-21(34-35-25(17)28)24-19(29)5-4-6-20(24)30/h4-6,9,11,14-16,18H,7-8,10,12-13H2,1-3H3,(H,32,33)/t15-,18?,28+/m1/s1. The molecule has 3 aromatic rings. The van der Waals surface area contributed by atoms with Gasteiger partial charge in [-0.05, 0) is 66.9 Å². The maximum atomic E-state index is 14.6. The molecule has 2 aliphatic heterocycles. The highest BCUT2D eigenvalue weighted by Crippen LogP contribution is 2.69. The summed E-state index contributed by atoms with van der Waals surface area (Å²) in [4.78, 5) is 9.16. The third-order valence-electron chi connectivity index (χ3n) is 9.25. The van der Waals surface area contributed by atoms with Crippen LogP contribution in [0.15, 0.2) is 47.4 Å². The molecule has 2 aliphatic carbocycles. The molecule has 1 N–H and O–H groups in total. The van der Waals surface area contributed by atoms with Crippen LogP contribution in [0.1, 0.15) is 56.6 Å². The van der Waals surface area contributed by atoms with E-state index in [0.29, 0.717) is 18.2 Å². The topological polar surface area (TPSA) is 115 Å². The smallest absolute Gasteiger partial charge is 0.225 e. The second-order valence-electron chi connectivity index (χ2n) is 12.0. The second-order valence-corrected chi connectivity index (χ2v) is 14.2. The third kappa shape index (κ3) is 3.60. The minimum Gasteiger partial charge on any atom is -0.327 e. The highest BCUT2D eigenvalue weighted by Gasteiger charge is 2.65. The van der Waals surface area contributed by atoms with E-state index in [4.69, 9.17) is 4.99 Å². The summed E-state index contributed by atoms with van der Waals surface area (Å²) in [5.74, 6) is 0.325. The highest BCUT2D eigenvalue weighted by molar-refractivity contribution is 7.92. The van der Waals surface area contributed by atoms with Crippen LogP contribution in [0.25, 0.3) is 11.3 Å². The molecule has 2 aromatic heterocycles. The molecule has 4 heterocycles. The molecule has 4 aliphatic rings. The fraction of sp³-hybridized carbons (Fsp3) is 0.464. The van der Waals surface area contributed by atoms with Gasteiger partial charge >= 0.3 is 0 Å². The number of hydrogen-bond acceptors (Lipinski definition) is 8. The molecule has 9 nitrogen and oxygen atoms in total. The lowest BCUT2D eigenvalue weighted by Gasteiger charge is -2.41. The number of rotatable bonds is 4. The Balaban J connectivity index is 1.22. The predicted molar refractivity (Wildman–Crippen MR) is 144 cm³/mol. The number of aliphatic imine (C=N–C) groups is 1. The van der Waals surface area contributed by atoms with E-state index in [9.17, 15) is 17.2 Å². The van der Waals surface area contributed by atoms with Gasteiger partial charge in [0.15, 0.2) is 15.7 Å². The lowest BCUT2D eigenvalue weighted by atomic mass is 9.66. The van der Waals surface area contributed by atoms with Crippen LogP contribution >= 0.6 is 0 Å². The van der Waals surface area contributed by atoms with E-state index in [2.05, 4.69) is 45.5 Å². The molecule has 12 heteroatoms. The molecule has 208 valence electrons. The van der Waals surface area contributed by atoms with Crippen molar-refractivity contribution >= 4 is 15.8 Å². The summed E-state index contributed by atoms with van der Waals surface area (Å²) in [6.07, 6.45) is 5.96. The summed E-state index contributed by atoms with van der Waals surface area (Å²) < 4.78 is 53.9. The monoisotopic (exact) mass is 565 g/mol. The Morgan fingerprint density at radius 2 is 1.90 bits per heavy atom. The number of halogens is 2. The van der Waals surface area contributed by atoms with Crippen molar-refractivity contribution in [2.45, 2.75) is 57.4 Å². The molecule has 1 unspecified atom stereocenters. The first-order valence-corrected chi connectivity index (χ1v) is 15.3. The van der Waals surface area contributed by atoms with E-state index in [0.717, 1.165) is 29.8 Å². The van der Waals surface area contributed by atoms with Crippen LogP contribution in [-0.2, 0) is 21.7 Å². The second kappa shape index (κ2) is 8.48. The molecule has 0 spiro atoms. The quantitative estimate of drug-likeness (QED) is 0.515. The van der Waals surface area contributed by atoms with Crippen molar-refractivity contribution in [3.63, 3.8) is 0 Å². The Morgan fingerprint density at radius 1 is 1.15 bits per heavy atom. The lowest BCUT2D eigenvalue weighted by Crippen LogP contribution is -2.48. The molecule has 1 aromatic carbocycles. The van der Waals surface area contributed by atoms with Crippen LogP contribution in [0.2, 0.25) is 0 Å². The minimum atomic E-state index is -2.91. The third-order valence-corrected chi connectivity index (χ3v) is 11.2. The maximum Gasteiger partial charge on any atom is 0.225 e. The number of sulfone groups is 1. The summed E-state index contributed by atoms with van der Waals surface area (Å²) in [5, 5.41) is 17.1.